The summed E-state index contributed by atoms with van der Waals surface area (Å²) in [4.78, 5) is 14.4. The number of amides is 1. The van der Waals surface area contributed by atoms with E-state index in [1.807, 2.05) is 19.9 Å². The molecule has 0 radical (unpaired) electrons. The Kier molecular flexibility index (Phi) is 7.06. The van der Waals surface area contributed by atoms with Crippen LogP contribution in [0.2, 0.25) is 0 Å². The molecule has 0 spiro atoms. The van der Waals surface area contributed by atoms with E-state index in [0.717, 1.165) is 19.5 Å². The van der Waals surface area contributed by atoms with Crippen molar-refractivity contribution in [1.29, 1.82) is 0 Å². The molecule has 1 aromatic rings. The van der Waals surface area contributed by atoms with Gasteiger partial charge in [-0.2, -0.15) is 0 Å². The lowest BCUT2D eigenvalue weighted by Gasteiger charge is -2.36. The average molecular weight is 318 g/mol. The van der Waals surface area contributed by atoms with Gasteiger partial charge in [0.05, 0.1) is 12.5 Å². The van der Waals surface area contributed by atoms with E-state index in [-0.39, 0.29) is 18.2 Å². The first-order valence-electron chi connectivity index (χ1n) is 8.79. The predicted octanol–water partition coefficient (Wildman–Crippen LogP) is 2.56. The molecule has 128 valence electrons. The molecule has 2 rings (SSSR count). The van der Waals surface area contributed by atoms with Gasteiger partial charge in [-0.1, -0.05) is 50.6 Å². The molecule has 1 heterocycles. The molecule has 1 aliphatic rings. The van der Waals surface area contributed by atoms with E-state index in [4.69, 9.17) is 0 Å². The summed E-state index contributed by atoms with van der Waals surface area (Å²) in [5.74, 6) is 0.0708. The van der Waals surface area contributed by atoms with Crippen molar-refractivity contribution in [3.8, 4) is 0 Å². The SMILES string of the molecule is CC(C)C(O)CC(=O)NCC1CCCCN1Cc1ccccc1. The first kappa shape index (κ1) is 18.0. The Labute approximate surface area is 139 Å². The Morgan fingerprint density at radius 2 is 2.04 bits per heavy atom. The number of piperidine rings is 1. The maximum absolute atomic E-state index is 12.0. The highest BCUT2D eigenvalue weighted by Crippen LogP contribution is 2.19. The van der Waals surface area contributed by atoms with E-state index in [1.165, 1.54) is 18.4 Å². The summed E-state index contributed by atoms with van der Waals surface area (Å²) in [7, 11) is 0. The van der Waals surface area contributed by atoms with E-state index in [9.17, 15) is 9.90 Å². The summed E-state index contributed by atoms with van der Waals surface area (Å²) < 4.78 is 0. The second-order valence-corrected chi connectivity index (χ2v) is 6.93. The third kappa shape index (κ3) is 5.96. The lowest BCUT2D eigenvalue weighted by Crippen LogP contribution is -2.46. The topological polar surface area (TPSA) is 52.6 Å². The second-order valence-electron chi connectivity index (χ2n) is 6.93. The van der Waals surface area contributed by atoms with Gasteiger partial charge in [0.1, 0.15) is 0 Å². The van der Waals surface area contributed by atoms with Crippen molar-refractivity contribution in [2.45, 2.75) is 58.2 Å². The number of benzene rings is 1. The number of carbonyl (C=O) groups is 1. The number of aliphatic hydroxyl groups is 1. The number of aliphatic hydroxyl groups excluding tert-OH is 1. The Balaban J connectivity index is 1.83. The number of nitrogens with one attached hydrogen (secondary N) is 1. The maximum Gasteiger partial charge on any atom is 0.222 e. The molecule has 0 aliphatic carbocycles. The molecule has 2 unspecified atom stereocenters. The fourth-order valence-electron chi connectivity index (χ4n) is 3.05. The van der Waals surface area contributed by atoms with Crippen molar-refractivity contribution in [1.82, 2.24) is 10.2 Å². The molecule has 2 atom stereocenters. The van der Waals surface area contributed by atoms with E-state index in [1.54, 1.807) is 0 Å². The van der Waals surface area contributed by atoms with Crippen LogP contribution in [0, 0.1) is 5.92 Å². The van der Waals surface area contributed by atoms with Gasteiger partial charge in [0.25, 0.3) is 0 Å². The molecule has 4 nitrogen and oxygen atoms in total. The van der Waals surface area contributed by atoms with E-state index in [0.29, 0.717) is 12.6 Å². The van der Waals surface area contributed by atoms with Gasteiger partial charge >= 0.3 is 0 Å². The third-order valence-electron chi connectivity index (χ3n) is 4.68. The van der Waals surface area contributed by atoms with Crippen LogP contribution in [0.25, 0.3) is 0 Å². The zero-order valence-corrected chi connectivity index (χ0v) is 14.4. The molecule has 2 N–H and O–H groups in total. The first-order valence-corrected chi connectivity index (χ1v) is 8.79. The summed E-state index contributed by atoms with van der Waals surface area (Å²) in [6.07, 6.45) is 3.22. The van der Waals surface area contributed by atoms with Gasteiger partial charge in [-0.3, -0.25) is 9.69 Å². The molecule has 1 aliphatic heterocycles. The summed E-state index contributed by atoms with van der Waals surface area (Å²) in [6, 6.07) is 10.9. The number of nitrogens with zero attached hydrogens (tertiary/aromatic N) is 1. The minimum atomic E-state index is -0.554. The van der Waals surface area contributed by atoms with Crippen LogP contribution in [-0.2, 0) is 11.3 Å². The number of hydrogen-bond donors (Lipinski definition) is 2. The predicted molar refractivity (Wildman–Crippen MR) is 93.0 cm³/mol. The molecule has 0 bridgehead atoms. The van der Waals surface area contributed by atoms with Crippen LogP contribution in [0.1, 0.15) is 45.1 Å². The van der Waals surface area contributed by atoms with Gasteiger partial charge in [-0.05, 0) is 30.9 Å². The van der Waals surface area contributed by atoms with Crippen LogP contribution >= 0.6 is 0 Å². The number of carbonyl (C=O) groups excluding carboxylic acids is 1. The van der Waals surface area contributed by atoms with Crippen LogP contribution in [0.4, 0.5) is 0 Å². The molecule has 1 saturated heterocycles. The highest BCUT2D eigenvalue weighted by Gasteiger charge is 2.23. The van der Waals surface area contributed by atoms with Crippen molar-refractivity contribution in [3.05, 3.63) is 35.9 Å². The van der Waals surface area contributed by atoms with Crippen LogP contribution in [0.15, 0.2) is 30.3 Å². The van der Waals surface area contributed by atoms with Crippen LogP contribution < -0.4 is 5.32 Å². The Morgan fingerprint density at radius 1 is 1.30 bits per heavy atom. The summed E-state index contributed by atoms with van der Waals surface area (Å²) in [5, 5.41) is 12.8. The Bertz CT molecular complexity index is 476. The van der Waals surface area contributed by atoms with Gasteiger partial charge in [-0.25, -0.2) is 0 Å². The lowest BCUT2D eigenvalue weighted by atomic mass is 10.0. The van der Waals surface area contributed by atoms with Crippen molar-refractivity contribution >= 4 is 5.91 Å². The number of hydrogen-bond acceptors (Lipinski definition) is 3. The molecule has 0 saturated carbocycles. The van der Waals surface area contributed by atoms with Gasteiger partial charge in [0.15, 0.2) is 0 Å². The molecule has 0 aromatic heterocycles. The largest absolute Gasteiger partial charge is 0.392 e. The summed E-state index contributed by atoms with van der Waals surface area (Å²) in [6.45, 7) is 6.57. The van der Waals surface area contributed by atoms with Crippen LogP contribution in [-0.4, -0.2) is 41.1 Å². The van der Waals surface area contributed by atoms with Gasteiger partial charge in [-0.15, -0.1) is 0 Å². The van der Waals surface area contributed by atoms with Crippen molar-refractivity contribution in [2.24, 2.45) is 5.92 Å². The maximum atomic E-state index is 12.0. The smallest absolute Gasteiger partial charge is 0.222 e. The monoisotopic (exact) mass is 318 g/mol. The molecule has 1 fully saturated rings. The van der Waals surface area contributed by atoms with Crippen molar-refractivity contribution in [3.63, 3.8) is 0 Å². The standard InChI is InChI=1S/C19H30N2O2/c1-15(2)18(22)12-19(23)20-13-17-10-6-7-11-21(17)14-16-8-4-3-5-9-16/h3-5,8-9,15,17-18,22H,6-7,10-14H2,1-2H3,(H,20,23). The summed E-state index contributed by atoms with van der Waals surface area (Å²) in [5.41, 5.74) is 1.32. The average Bonchev–Trinajstić information content (AvgIpc) is 2.55. The fourth-order valence-corrected chi connectivity index (χ4v) is 3.05. The first-order chi connectivity index (χ1) is 11.1. The normalized spacial score (nSPS) is 20.4. The number of likely N-dealkylation sites (tertiary alicyclic amines) is 1. The van der Waals surface area contributed by atoms with E-state index < -0.39 is 6.10 Å². The second kappa shape index (κ2) is 9.04. The molecule has 1 aromatic carbocycles. The minimum Gasteiger partial charge on any atom is -0.392 e. The summed E-state index contributed by atoms with van der Waals surface area (Å²) >= 11 is 0. The van der Waals surface area contributed by atoms with Crippen molar-refractivity contribution in [2.75, 3.05) is 13.1 Å². The third-order valence-corrected chi connectivity index (χ3v) is 4.68. The van der Waals surface area contributed by atoms with Crippen LogP contribution in [0.5, 0.6) is 0 Å². The van der Waals surface area contributed by atoms with E-state index in [2.05, 4.69) is 34.5 Å². The highest BCUT2D eigenvalue weighted by molar-refractivity contribution is 5.76. The van der Waals surface area contributed by atoms with Crippen molar-refractivity contribution < 1.29 is 9.90 Å². The molecular formula is C19H30N2O2. The zero-order chi connectivity index (χ0) is 16.7. The molecule has 23 heavy (non-hydrogen) atoms. The minimum absolute atomic E-state index is 0.0450. The van der Waals surface area contributed by atoms with Gasteiger partial charge in [0.2, 0.25) is 5.91 Å². The zero-order valence-electron chi connectivity index (χ0n) is 14.4. The fraction of sp³-hybridized carbons (Fsp3) is 0.632. The number of rotatable bonds is 7. The van der Waals surface area contributed by atoms with Gasteiger partial charge in [0, 0.05) is 19.1 Å². The lowest BCUT2D eigenvalue weighted by molar-refractivity contribution is -0.123. The quantitative estimate of drug-likeness (QED) is 0.812. The molecular weight excluding hydrogens is 288 g/mol. The highest BCUT2D eigenvalue weighted by atomic mass is 16.3. The molecule has 4 heteroatoms. The molecule has 1 amide bonds. The Morgan fingerprint density at radius 3 is 2.74 bits per heavy atom. The van der Waals surface area contributed by atoms with Gasteiger partial charge < -0.3 is 10.4 Å². The van der Waals surface area contributed by atoms with E-state index >= 15 is 0 Å². The van der Waals surface area contributed by atoms with Crippen LogP contribution in [0.3, 0.4) is 0 Å². The Hall–Kier alpha value is -1.39.